The van der Waals surface area contributed by atoms with Crippen molar-refractivity contribution in [1.82, 2.24) is 5.32 Å². The molecule has 5 heteroatoms. The normalized spacial score (nSPS) is 19.6. The van der Waals surface area contributed by atoms with Gasteiger partial charge < -0.3 is 11.1 Å². The molecule has 1 aliphatic carbocycles. The second-order valence-electron chi connectivity index (χ2n) is 6.28. The van der Waals surface area contributed by atoms with Gasteiger partial charge in [-0.15, -0.1) is 0 Å². The minimum Gasteiger partial charge on any atom is -0.348 e. The highest BCUT2D eigenvalue weighted by Crippen LogP contribution is 2.42. The number of amides is 1. The molecule has 3 N–H and O–H groups in total. The maximum Gasteiger partial charge on any atom is 0.237 e. The van der Waals surface area contributed by atoms with Gasteiger partial charge in [0.2, 0.25) is 5.91 Å². The highest BCUT2D eigenvalue weighted by atomic mass is 35.5. The maximum atomic E-state index is 12.0. The Hall–Kier alpha value is -1.55. The molecule has 2 aromatic carbocycles. The molecule has 0 radical (unpaired) electrons. The first-order valence-corrected chi connectivity index (χ1v) is 9.82. The van der Waals surface area contributed by atoms with Gasteiger partial charge in [-0.05, 0) is 48.6 Å². The Balaban J connectivity index is 0.00000117. The van der Waals surface area contributed by atoms with E-state index in [1.807, 2.05) is 44.2 Å². The summed E-state index contributed by atoms with van der Waals surface area (Å²) in [6.45, 7) is 5.70. The monoisotopic (exact) mass is 392 g/mol. The van der Waals surface area contributed by atoms with Gasteiger partial charge in [0.1, 0.15) is 0 Å². The topological polar surface area (TPSA) is 55.1 Å². The fourth-order valence-electron chi connectivity index (χ4n) is 3.32. The number of rotatable bonds is 3. The quantitative estimate of drug-likeness (QED) is 0.729. The van der Waals surface area contributed by atoms with Crippen LogP contribution in [-0.4, -0.2) is 11.9 Å². The van der Waals surface area contributed by atoms with Crippen LogP contribution in [0.15, 0.2) is 42.5 Å². The van der Waals surface area contributed by atoms with Crippen molar-refractivity contribution >= 4 is 29.1 Å². The minimum atomic E-state index is -0.509. The van der Waals surface area contributed by atoms with Crippen molar-refractivity contribution in [3.8, 4) is 0 Å². The molecule has 0 spiro atoms. The first-order chi connectivity index (χ1) is 12.5. The van der Waals surface area contributed by atoms with Gasteiger partial charge in [0.05, 0.1) is 22.1 Å². The Morgan fingerprint density at radius 2 is 1.73 bits per heavy atom. The van der Waals surface area contributed by atoms with Crippen molar-refractivity contribution in [2.24, 2.45) is 5.73 Å². The van der Waals surface area contributed by atoms with Crippen LogP contribution in [0.5, 0.6) is 0 Å². The highest BCUT2D eigenvalue weighted by Gasteiger charge is 2.29. The van der Waals surface area contributed by atoms with Gasteiger partial charge in [0.15, 0.2) is 0 Å². The zero-order valence-electron chi connectivity index (χ0n) is 15.4. The molecule has 26 heavy (non-hydrogen) atoms. The molecular weight excluding hydrogens is 367 g/mol. The van der Waals surface area contributed by atoms with E-state index in [0.717, 1.165) is 24.0 Å². The average Bonchev–Trinajstić information content (AvgIpc) is 2.66. The lowest BCUT2D eigenvalue weighted by Gasteiger charge is -2.33. The van der Waals surface area contributed by atoms with Crippen LogP contribution in [0.1, 0.15) is 62.3 Å². The van der Waals surface area contributed by atoms with Gasteiger partial charge in [-0.3, -0.25) is 4.79 Å². The Kier molecular flexibility index (Phi) is 7.51. The van der Waals surface area contributed by atoms with Crippen molar-refractivity contribution in [3.05, 3.63) is 69.2 Å². The summed E-state index contributed by atoms with van der Waals surface area (Å²) in [4.78, 5) is 12.0. The number of fused-ring (bicyclic) bond motifs is 1. The third-order valence-electron chi connectivity index (χ3n) is 4.57. The summed E-state index contributed by atoms with van der Waals surface area (Å²) in [7, 11) is 0. The van der Waals surface area contributed by atoms with E-state index in [9.17, 15) is 4.79 Å². The van der Waals surface area contributed by atoms with E-state index < -0.39 is 6.04 Å². The van der Waals surface area contributed by atoms with Crippen molar-refractivity contribution in [2.45, 2.75) is 51.6 Å². The van der Waals surface area contributed by atoms with E-state index in [0.29, 0.717) is 10.0 Å². The largest absolute Gasteiger partial charge is 0.348 e. The molecule has 1 aliphatic rings. The van der Waals surface area contributed by atoms with Crippen LogP contribution in [-0.2, 0) is 4.79 Å². The summed E-state index contributed by atoms with van der Waals surface area (Å²) in [5, 5.41) is 4.19. The Morgan fingerprint density at radius 3 is 2.35 bits per heavy atom. The number of nitrogens with one attached hydrogen (secondary N) is 1. The molecule has 1 amide bonds. The molecule has 3 nitrogen and oxygen atoms in total. The van der Waals surface area contributed by atoms with E-state index in [4.69, 9.17) is 28.9 Å². The summed E-state index contributed by atoms with van der Waals surface area (Å²) < 4.78 is 0. The van der Waals surface area contributed by atoms with Gasteiger partial charge >= 0.3 is 0 Å². The fourth-order valence-corrected chi connectivity index (χ4v) is 3.62. The zero-order valence-corrected chi connectivity index (χ0v) is 16.9. The number of benzene rings is 2. The van der Waals surface area contributed by atoms with Gasteiger partial charge in [-0.1, -0.05) is 67.4 Å². The molecule has 0 fully saturated rings. The lowest BCUT2D eigenvalue weighted by molar-refractivity contribution is -0.122. The van der Waals surface area contributed by atoms with Crippen LogP contribution in [0, 0.1) is 0 Å². The lowest BCUT2D eigenvalue weighted by atomic mass is 9.76. The SMILES string of the molecule is CC.CC(N)C(=O)NC1CCC(c2ccc(Cl)c(Cl)c2)c2ccccc21. The first kappa shape index (κ1) is 20.8. The minimum absolute atomic E-state index is 0.00118. The van der Waals surface area contributed by atoms with Gasteiger partial charge in [-0.2, -0.15) is 0 Å². The Labute approximate surface area is 165 Å². The van der Waals surface area contributed by atoms with Gasteiger partial charge in [0.25, 0.3) is 0 Å². The third kappa shape index (κ3) is 4.59. The van der Waals surface area contributed by atoms with Crippen LogP contribution >= 0.6 is 23.2 Å². The van der Waals surface area contributed by atoms with Gasteiger partial charge in [0, 0.05) is 5.92 Å². The van der Waals surface area contributed by atoms with Crippen LogP contribution in [0.25, 0.3) is 0 Å². The molecular formula is C21H26Cl2N2O. The number of carbonyl (C=O) groups is 1. The van der Waals surface area contributed by atoms with Crippen LogP contribution in [0.3, 0.4) is 0 Å². The van der Waals surface area contributed by atoms with E-state index in [1.54, 1.807) is 6.92 Å². The Bertz CT molecular complexity index is 761. The van der Waals surface area contributed by atoms with E-state index in [2.05, 4.69) is 17.4 Å². The molecule has 0 aromatic heterocycles. The van der Waals surface area contributed by atoms with E-state index >= 15 is 0 Å². The molecule has 3 atom stereocenters. The van der Waals surface area contributed by atoms with E-state index in [-0.39, 0.29) is 17.9 Å². The maximum absolute atomic E-state index is 12.0. The van der Waals surface area contributed by atoms with Crippen LogP contribution < -0.4 is 11.1 Å². The second kappa shape index (κ2) is 9.40. The number of hydrogen-bond donors (Lipinski definition) is 2. The van der Waals surface area contributed by atoms with Crippen LogP contribution in [0.4, 0.5) is 0 Å². The van der Waals surface area contributed by atoms with E-state index in [1.165, 1.54) is 5.56 Å². The standard InChI is InChI=1S/C19H20Cl2N2O.C2H6/c1-11(22)19(24)23-18-9-7-13(14-4-2-3-5-15(14)18)12-6-8-16(20)17(21)10-12;1-2/h2-6,8,10-11,13,18H,7,9,22H2,1H3,(H,23,24);1-2H3. The average molecular weight is 393 g/mol. The smallest absolute Gasteiger partial charge is 0.237 e. The predicted octanol–water partition coefficient (Wildman–Crippen LogP) is 5.45. The first-order valence-electron chi connectivity index (χ1n) is 9.07. The zero-order chi connectivity index (χ0) is 19.3. The summed E-state index contributed by atoms with van der Waals surface area (Å²) in [5.41, 5.74) is 9.20. The number of nitrogens with two attached hydrogens (primary N) is 1. The summed E-state index contributed by atoms with van der Waals surface area (Å²) in [6.07, 6.45) is 1.79. The summed E-state index contributed by atoms with van der Waals surface area (Å²) in [6, 6.07) is 13.5. The molecule has 0 aliphatic heterocycles. The molecule has 0 saturated heterocycles. The molecule has 140 valence electrons. The fraction of sp³-hybridized carbons (Fsp3) is 0.381. The molecule has 2 aromatic rings. The van der Waals surface area contributed by atoms with Crippen molar-refractivity contribution in [3.63, 3.8) is 0 Å². The molecule has 0 heterocycles. The lowest BCUT2D eigenvalue weighted by Crippen LogP contribution is -2.41. The molecule has 0 saturated carbocycles. The van der Waals surface area contributed by atoms with Crippen LogP contribution in [0.2, 0.25) is 10.0 Å². The summed E-state index contributed by atoms with van der Waals surface area (Å²) in [5.74, 6) is 0.127. The molecule has 3 rings (SSSR count). The number of hydrogen-bond acceptors (Lipinski definition) is 2. The van der Waals surface area contributed by atoms with Crippen molar-refractivity contribution < 1.29 is 4.79 Å². The Morgan fingerprint density at radius 1 is 1.08 bits per heavy atom. The van der Waals surface area contributed by atoms with Gasteiger partial charge in [-0.25, -0.2) is 0 Å². The van der Waals surface area contributed by atoms with Crippen molar-refractivity contribution in [1.29, 1.82) is 0 Å². The third-order valence-corrected chi connectivity index (χ3v) is 5.31. The summed E-state index contributed by atoms with van der Waals surface area (Å²) >= 11 is 12.2. The van der Waals surface area contributed by atoms with Crippen molar-refractivity contribution in [2.75, 3.05) is 0 Å². The highest BCUT2D eigenvalue weighted by molar-refractivity contribution is 6.42. The predicted molar refractivity (Wildman–Crippen MR) is 110 cm³/mol. The number of halogens is 2. The number of carbonyl (C=O) groups excluding carboxylic acids is 1. The molecule has 0 bridgehead atoms. The molecule has 3 unspecified atom stereocenters. The second-order valence-corrected chi connectivity index (χ2v) is 7.10.